The lowest BCUT2D eigenvalue weighted by Gasteiger charge is -2.22. The number of rotatable bonds is 7. The molecule has 0 aliphatic carbocycles. The summed E-state index contributed by atoms with van der Waals surface area (Å²) in [6.45, 7) is 6.22. The molecule has 4 nitrogen and oxygen atoms in total. The van der Waals surface area contributed by atoms with E-state index in [0.29, 0.717) is 13.2 Å². The van der Waals surface area contributed by atoms with Crippen LogP contribution in [0.2, 0.25) is 0 Å². The Balaban J connectivity index is 2.71. The fourth-order valence-corrected chi connectivity index (χ4v) is 3.03. The van der Waals surface area contributed by atoms with E-state index >= 15 is 0 Å². The molecule has 0 radical (unpaired) electrons. The van der Waals surface area contributed by atoms with Gasteiger partial charge in [0.1, 0.15) is 0 Å². The SMILES string of the molecule is CCOP(=O)(N[C@H](C)c1ccccc1)OCC. The van der Waals surface area contributed by atoms with Crippen molar-refractivity contribution in [3.05, 3.63) is 35.9 Å². The molecule has 0 aliphatic heterocycles. The van der Waals surface area contributed by atoms with Crippen molar-refractivity contribution in [3.8, 4) is 0 Å². The Morgan fingerprint density at radius 1 is 1.18 bits per heavy atom. The van der Waals surface area contributed by atoms with Gasteiger partial charge in [-0.1, -0.05) is 30.3 Å². The second kappa shape index (κ2) is 6.92. The van der Waals surface area contributed by atoms with Crippen molar-refractivity contribution in [2.75, 3.05) is 13.2 Å². The number of benzene rings is 1. The Hall–Kier alpha value is -0.670. The highest BCUT2D eigenvalue weighted by Gasteiger charge is 2.26. The third-order valence-corrected chi connectivity index (χ3v) is 4.15. The third kappa shape index (κ3) is 4.60. The molecule has 0 spiro atoms. The molecule has 1 N–H and O–H groups in total. The molecule has 0 saturated carbocycles. The quantitative estimate of drug-likeness (QED) is 0.759. The molecular weight excluding hydrogens is 237 g/mol. The molecule has 0 amide bonds. The van der Waals surface area contributed by atoms with Crippen molar-refractivity contribution in [3.63, 3.8) is 0 Å². The molecule has 1 aromatic rings. The lowest BCUT2D eigenvalue weighted by molar-refractivity contribution is 0.207. The monoisotopic (exact) mass is 257 g/mol. The van der Waals surface area contributed by atoms with E-state index < -0.39 is 7.75 Å². The van der Waals surface area contributed by atoms with E-state index in [9.17, 15) is 4.57 Å². The van der Waals surface area contributed by atoms with Gasteiger partial charge in [0.15, 0.2) is 0 Å². The van der Waals surface area contributed by atoms with Crippen LogP contribution in [0.15, 0.2) is 30.3 Å². The van der Waals surface area contributed by atoms with E-state index in [-0.39, 0.29) is 6.04 Å². The second-order valence-corrected chi connectivity index (χ2v) is 5.36. The summed E-state index contributed by atoms with van der Waals surface area (Å²) in [6.07, 6.45) is 0. The predicted octanol–water partition coefficient (Wildman–Crippen LogP) is 3.52. The summed E-state index contributed by atoms with van der Waals surface area (Å²) in [4.78, 5) is 0. The molecule has 1 rings (SSSR count). The van der Waals surface area contributed by atoms with E-state index in [0.717, 1.165) is 5.56 Å². The van der Waals surface area contributed by atoms with Crippen molar-refractivity contribution in [2.24, 2.45) is 0 Å². The molecule has 5 heteroatoms. The lowest BCUT2D eigenvalue weighted by Crippen LogP contribution is -2.19. The average Bonchev–Trinajstić information content (AvgIpc) is 2.30. The first-order valence-electron chi connectivity index (χ1n) is 5.83. The van der Waals surface area contributed by atoms with Gasteiger partial charge in [-0.2, -0.15) is 0 Å². The number of hydrogen-bond donors (Lipinski definition) is 1. The van der Waals surface area contributed by atoms with Crippen LogP contribution in [0, 0.1) is 0 Å². The van der Waals surface area contributed by atoms with E-state index in [2.05, 4.69) is 5.09 Å². The van der Waals surface area contributed by atoms with Crippen LogP contribution >= 0.6 is 7.75 Å². The standard InChI is InChI=1S/C12H20NO3P/c1-4-15-17(14,16-5-2)13-11(3)12-9-7-6-8-10-12/h6-11H,4-5H2,1-3H3,(H,13,14)/t11-/m1/s1. The Kier molecular flexibility index (Phi) is 5.86. The van der Waals surface area contributed by atoms with Crippen LogP contribution in [0.1, 0.15) is 32.4 Å². The average molecular weight is 257 g/mol. The molecule has 96 valence electrons. The van der Waals surface area contributed by atoms with Crippen LogP contribution < -0.4 is 5.09 Å². The van der Waals surface area contributed by atoms with Crippen LogP contribution in [0.25, 0.3) is 0 Å². The Morgan fingerprint density at radius 2 is 1.71 bits per heavy atom. The largest absolute Gasteiger partial charge is 0.406 e. The van der Waals surface area contributed by atoms with Crippen molar-refractivity contribution >= 4 is 7.75 Å². The van der Waals surface area contributed by atoms with Gasteiger partial charge in [-0.3, -0.25) is 9.05 Å². The smallest absolute Gasteiger partial charge is 0.297 e. The van der Waals surface area contributed by atoms with Gasteiger partial charge in [0.05, 0.1) is 13.2 Å². The third-order valence-electron chi connectivity index (χ3n) is 2.25. The molecule has 0 aliphatic rings. The van der Waals surface area contributed by atoms with E-state index in [1.807, 2.05) is 37.3 Å². The minimum absolute atomic E-state index is 0.0832. The first kappa shape index (κ1) is 14.4. The van der Waals surface area contributed by atoms with Gasteiger partial charge in [0.2, 0.25) is 0 Å². The van der Waals surface area contributed by atoms with Gasteiger partial charge in [0.25, 0.3) is 0 Å². The molecule has 1 atom stereocenters. The van der Waals surface area contributed by atoms with Crippen molar-refractivity contribution in [1.82, 2.24) is 5.09 Å². The Morgan fingerprint density at radius 3 is 2.18 bits per heavy atom. The summed E-state index contributed by atoms with van der Waals surface area (Å²) in [5.41, 5.74) is 1.05. The van der Waals surface area contributed by atoms with Crippen LogP contribution in [0.4, 0.5) is 0 Å². The van der Waals surface area contributed by atoms with Gasteiger partial charge in [0, 0.05) is 6.04 Å². The summed E-state index contributed by atoms with van der Waals surface area (Å²) in [7, 11) is -3.19. The predicted molar refractivity (Wildman–Crippen MR) is 68.9 cm³/mol. The topological polar surface area (TPSA) is 47.6 Å². The zero-order chi connectivity index (χ0) is 12.7. The van der Waals surface area contributed by atoms with Crippen molar-refractivity contribution in [1.29, 1.82) is 0 Å². The molecule has 0 fully saturated rings. The maximum Gasteiger partial charge on any atom is 0.406 e. The van der Waals surface area contributed by atoms with Gasteiger partial charge >= 0.3 is 7.75 Å². The Labute approximate surface area is 103 Å². The van der Waals surface area contributed by atoms with Crippen LogP contribution in [0.3, 0.4) is 0 Å². The molecule has 17 heavy (non-hydrogen) atoms. The minimum atomic E-state index is -3.19. The maximum absolute atomic E-state index is 12.2. The van der Waals surface area contributed by atoms with Crippen LogP contribution in [-0.2, 0) is 13.6 Å². The Bertz CT molecular complexity index is 359. The van der Waals surface area contributed by atoms with E-state index in [4.69, 9.17) is 9.05 Å². The normalized spacial score (nSPS) is 13.6. The number of nitrogens with one attached hydrogen (secondary N) is 1. The fraction of sp³-hybridized carbons (Fsp3) is 0.500. The highest BCUT2D eigenvalue weighted by Crippen LogP contribution is 2.45. The molecule has 1 aromatic carbocycles. The van der Waals surface area contributed by atoms with E-state index in [1.54, 1.807) is 13.8 Å². The maximum atomic E-state index is 12.2. The lowest BCUT2D eigenvalue weighted by atomic mass is 10.1. The van der Waals surface area contributed by atoms with Crippen LogP contribution in [-0.4, -0.2) is 13.2 Å². The van der Waals surface area contributed by atoms with Gasteiger partial charge in [-0.15, -0.1) is 0 Å². The second-order valence-electron chi connectivity index (χ2n) is 3.59. The molecule has 0 saturated heterocycles. The van der Waals surface area contributed by atoms with Gasteiger partial charge < -0.3 is 0 Å². The van der Waals surface area contributed by atoms with Gasteiger partial charge in [-0.25, -0.2) is 9.65 Å². The summed E-state index contributed by atoms with van der Waals surface area (Å²) in [6, 6.07) is 9.69. The summed E-state index contributed by atoms with van der Waals surface area (Å²) < 4.78 is 22.6. The molecule has 0 heterocycles. The summed E-state index contributed by atoms with van der Waals surface area (Å²) in [5, 5.41) is 2.92. The number of hydrogen-bond acceptors (Lipinski definition) is 3. The zero-order valence-electron chi connectivity index (χ0n) is 10.6. The van der Waals surface area contributed by atoms with Crippen molar-refractivity contribution < 1.29 is 13.6 Å². The first-order chi connectivity index (χ1) is 8.11. The molecule has 0 aromatic heterocycles. The molecule has 0 unspecified atom stereocenters. The van der Waals surface area contributed by atoms with Gasteiger partial charge in [-0.05, 0) is 26.3 Å². The van der Waals surface area contributed by atoms with E-state index in [1.165, 1.54) is 0 Å². The summed E-state index contributed by atoms with van der Waals surface area (Å²) in [5.74, 6) is 0. The van der Waals surface area contributed by atoms with Crippen molar-refractivity contribution in [2.45, 2.75) is 26.8 Å². The highest BCUT2D eigenvalue weighted by atomic mass is 31.2. The molecule has 0 bridgehead atoms. The minimum Gasteiger partial charge on any atom is -0.297 e. The fourth-order valence-electron chi connectivity index (χ4n) is 1.51. The molecular formula is C12H20NO3P. The van der Waals surface area contributed by atoms with Crippen LogP contribution in [0.5, 0.6) is 0 Å². The zero-order valence-corrected chi connectivity index (χ0v) is 11.4. The first-order valence-corrected chi connectivity index (χ1v) is 7.37. The highest BCUT2D eigenvalue weighted by molar-refractivity contribution is 7.51. The summed E-state index contributed by atoms with van der Waals surface area (Å²) >= 11 is 0.